The summed E-state index contributed by atoms with van der Waals surface area (Å²) in [6.07, 6.45) is 3.73. The molecule has 0 aliphatic carbocycles. The fraction of sp³-hybridized carbons (Fsp3) is 0.385. The quantitative estimate of drug-likeness (QED) is 0.901. The first-order chi connectivity index (χ1) is 8.69. The maximum absolute atomic E-state index is 5.03. The standard InChI is InChI=1S/C13H17N3OS/c1-9-6-16-13(18-9)10(2)14-7-11-4-5-12(17-3)15-8-11/h4-6,8,10,14H,7H2,1-3H3. The predicted octanol–water partition coefficient (Wildman–Crippen LogP) is 2.71. The summed E-state index contributed by atoms with van der Waals surface area (Å²) in [6.45, 7) is 4.97. The molecule has 18 heavy (non-hydrogen) atoms. The van der Waals surface area contributed by atoms with Crippen LogP contribution in [0.1, 0.15) is 28.4 Å². The zero-order valence-electron chi connectivity index (χ0n) is 10.8. The molecule has 0 aliphatic rings. The van der Waals surface area contributed by atoms with Crippen LogP contribution < -0.4 is 10.1 Å². The Morgan fingerprint density at radius 2 is 2.17 bits per heavy atom. The molecular weight excluding hydrogens is 246 g/mol. The van der Waals surface area contributed by atoms with Crippen LogP contribution in [0.25, 0.3) is 0 Å². The molecule has 0 bridgehead atoms. The van der Waals surface area contributed by atoms with Gasteiger partial charge in [0.2, 0.25) is 5.88 Å². The molecule has 0 radical (unpaired) electrons. The second-order valence-corrected chi connectivity index (χ2v) is 5.39. The van der Waals surface area contributed by atoms with Gasteiger partial charge in [0.25, 0.3) is 0 Å². The highest BCUT2D eigenvalue weighted by Gasteiger charge is 2.08. The third kappa shape index (κ3) is 3.27. The Balaban J connectivity index is 1.90. The van der Waals surface area contributed by atoms with Gasteiger partial charge >= 0.3 is 0 Å². The van der Waals surface area contributed by atoms with E-state index in [4.69, 9.17) is 4.74 Å². The van der Waals surface area contributed by atoms with Crippen molar-refractivity contribution in [3.63, 3.8) is 0 Å². The molecule has 2 aromatic rings. The Morgan fingerprint density at radius 1 is 1.33 bits per heavy atom. The summed E-state index contributed by atoms with van der Waals surface area (Å²) in [4.78, 5) is 9.79. The summed E-state index contributed by atoms with van der Waals surface area (Å²) < 4.78 is 5.03. The fourth-order valence-corrected chi connectivity index (χ4v) is 2.37. The van der Waals surface area contributed by atoms with E-state index in [9.17, 15) is 0 Å². The van der Waals surface area contributed by atoms with Crippen molar-refractivity contribution in [2.45, 2.75) is 26.4 Å². The molecule has 0 spiro atoms. The zero-order chi connectivity index (χ0) is 13.0. The number of methoxy groups -OCH3 is 1. The Bertz CT molecular complexity index is 495. The Hall–Kier alpha value is -1.46. The molecule has 2 heterocycles. The van der Waals surface area contributed by atoms with Gasteiger partial charge < -0.3 is 10.1 Å². The molecular formula is C13H17N3OS. The summed E-state index contributed by atoms with van der Waals surface area (Å²) in [7, 11) is 1.62. The van der Waals surface area contributed by atoms with Crippen LogP contribution in [0.3, 0.4) is 0 Å². The Kier molecular flexibility index (Phi) is 4.28. The SMILES string of the molecule is COc1ccc(CNC(C)c2ncc(C)s2)cn1. The molecule has 0 aliphatic heterocycles. The topological polar surface area (TPSA) is 47.0 Å². The van der Waals surface area contributed by atoms with Gasteiger partial charge in [0.05, 0.1) is 13.2 Å². The largest absolute Gasteiger partial charge is 0.481 e. The molecule has 1 N–H and O–H groups in total. The molecule has 5 heteroatoms. The van der Waals surface area contributed by atoms with Crippen LogP contribution in [0.4, 0.5) is 0 Å². The second kappa shape index (κ2) is 5.93. The first kappa shape index (κ1) is 13.0. The summed E-state index contributed by atoms with van der Waals surface area (Å²) in [5.41, 5.74) is 1.14. The molecule has 0 aromatic carbocycles. The number of thiazole rings is 1. The van der Waals surface area contributed by atoms with Crippen molar-refractivity contribution in [1.29, 1.82) is 0 Å². The van der Waals surface area contributed by atoms with Gasteiger partial charge in [-0.05, 0) is 19.4 Å². The van der Waals surface area contributed by atoms with E-state index in [1.165, 1.54) is 4.88 Å². The van der Waals surface area contributed by atoms with E-state index in [-0.39, 0.29) is 6.04 Å². The lowest BCUT2D eigenvalue weighted by Crippen LogP contribution is -2.17. The Morgan fingerprint density at radius 3 is 2.72 bits per heavy atom. The summed E-state index contributed by atoms with van der Waals surface area (Å²) in [6, 6.07) is 4.14. The first-order valence-electron chi connectivity index (χ1n) is 5.83. The van der Waals surface area contributed by atoms with E-state index in [1.807, 2.05) is 24.5 Å². The molecule has 2 rings (SSSR count). The number of aryl methyl sites for hydroxylation is 1. The third-order valence-electron chi connectivity index (χ3n) is 2.63. The normalized spacial score (nSPS) is 12.4. The lowest BCUT2D eigenvalue weighted by Gasteiger charge is -2.11. The number of hydrogen-bond acceptors (Lipinski definition) is 5. The molecule has 1 atom stereocenters. The highest BCUT2D eigenvalue weighted by Crippen LogP contribution is 2.19. The highest BCUT2D eigenvalue weighted by atomic mass is 32.1. The molecule has 0 saturated carbocycles. The lowest BCUT2D eigenvalue weighted by atomic mass is 10.2. The zero-order valence-corrected chi connectivity index (χ0v) is 11.6. The van der Waals surface area contributed by atoms with E-state index in [0.29, 0.717) is 5.88 Å². The lowest BCUT2D eigenvalue weighted by molar-refractivity contribution is 0.397. The Labute approximate surface area is 111 Å². The fourth-order valence-electron chi connectivity index (χ4n) is 1.57. The summed E-state index contributed by atoms with van der Waals surface area (Å²) >= 11 is 1.73. The third-order valence-corrected chi connectivity index (χ3v) is 3.72. The van der Waals surface area contributed by atoms with Crippen LogP contribution in [-0.4, -0.2) is 17.1 Å². The number of hydrogen-bond donors (Lipinski definition) is 1. The van der Waals surface area contributed by atoms with E-state index in [2.05, 4.69) is 29.1 Å². The van der Waals surface area contributed by atoms with Gasteiger partial charge in [-0.3, -0.25) is 0 Å². The van der Waals surface area contributed by atoms with Gasteiger partial charge in [0.15, 0.2) is 0 Å². The van der Waals surface area contributed by atoms with Crippen molar-refractivity contribution in [2.75, 3.05) is 7.11 Å². The maximum atomic E-state index is 5.03. The second-order valence-electron chi connectivity index (χ2n) is 4.12. The van der Waals surface area contributed by atoms with E-state index < -0.39 is 0 Å². The molecule has 1 unspecified atom stereocenters. The summed E-state index contributed by atoms with van der Waals surface area (Å²) in [5, 5.41) is 4.55. The van der Waals surface area contributed by atoms with Crippen LogP contribution in [0.2, 0.25) is 0 Å². The van der Waals surface area contributed by atoms with Crippen molar-refractivity contribution in [3.8, 4) is 5.88 Å². The number of rotatable bonds is 5. The van der Waals surface area contributed by atoms with Gasteiger partial charge in [-0.15, -0.1) is 11.3 Å². The van der Waals surface area contributed by atoms with Crippen molar-refractivity contribution in [3.05, 3.63) is 40.0 Å². The molecule has 96 valence electrons. The van der Waals surface area contributed by atoms with Gasteiger partial charge in [0.1, 0.15) is 5.01 Å². The number of aromatic nitrogens is 2. The summed E-state index contributed by atoms with van der Waals surface area (Å²) in [5.74, 6) is 0.641. The van der Waals surface area contributed by atoms with Gasteiger partial charge in [0, 0.05) is 29.9 Å². The van der Waals surface area contributed by atoms with Crippen LogP contribution in [0.15, 0.2) is 24.5 Å². The number of ether oxygens (including phenoxy) is 1. The number of nitrogens with one attached hydrogen (secondary N) is 1. The van der Waals surface area contributed by atoms with Crippen molar-refractivity contribution in [2.24, 2.45) is 0 Å². The average molecular weight is 263 g/mol. The van der Waals surface area contributed by atoms with Gasteiger partial charge in [-0.1, -0.05) is 6.07 Å². The molecule has 0 fully saturated rings. The minimum Gasteiger partial charge on any atom is -0.481 e. The minimum atomic E-state index is 0.255. The molecule has 4 nitrogen and oxygen atoms in total. The number of nitrogens with zero attached hydrogens (tertiary/aromatic N) is 2. The maximum Gasteiger partial charge on any atom is 0.212 e. The predicted molar refractivity (Wildman–Crippen MR) is 72.9 cm³/mol. The van der Waals surface area contributed by atoms with E-state index in [0.717, 1.165) is 17.1 Å². The van der Waals surface area contributed by atoms with Crippen LogP contribution in [0, 0.1) is 6.92 Å². The highest BCUT2D eigenvalue weighted by molar-refractivity contribution is 7.11. The number of pyridine rings is 1. The molecule has 2 aromatic heterocycles. The smallest absolute Gasteiger partial charge is 0.212 e. The average Bonchev–Trinajstić information content (AvgIpc) is 2.83. The van der Waals surface area contributed by atoms with Crippen molar-refractivity contribution in [1.82, 2.24) is 15.3 Å². The van der Waals surface area contributed by atoms with Gasteiger partial charge in [-0.2, -0.15) is 0 Å². The molecule has 0 saturated heterocycles. The van der Waals surface area contributed by atoms with E-state index >= 15 is 0 Å². The van der Waals surface area contributed by atoms with Crippen LogP contribution in [-0.2, 0) is 6.54 Å². The first-order valence-corrected chi connectivity index (χ1v) is 6.65. The van der Waals surface area contributed by atoms with Crippen molar-refractivity contribution >= 4 is 11.3 Å². The monoisotopic (exact) mass is 263 g/mol. The van der Waals surface area contributed by atoms with Crippen LogP contribution >= 0.6 is 11.3 Å². The minimum absolute atomic E-state index is 0.255. The van der Waals surface area contributed by atoms with Crippen LogP contribution in [0.5, 0.6) is 5.88 Å². The molecule has 0 amide bonds. The van der Waals surface area contributed by atoms with E-state index in [1.54, 1.807) is 18.4 Å². The van der Waals surface area contributed by atoms with Gasteiger partial charge in [-0.25, -0.2) is 9.97 Å². The van der Waals surface area contributed by atoms with Crippen molar-refractivity contribution < 1.29 is 4.74 Å².